The van der Waals surface area contributed by atoms with Crippen molar-refractivity contribution in [1.82, 2.24) is 19.2 Å². The van der Waals surface area contributed by atoms with Crippen LogP contribution in [0.2, 0.25) is 0 Å². The summed E-state index contributed by atoms with van der Waals surface area (Å²) < 4.78 is 33.2. The summed E-state index contributed by atoms with van der Waals surface area (Å²) in [6.07, 6.45) is 0.0841. The molecular weight excluding hydrogens is 588 g/mol. The minimum Gasteiger partial charge on any atom is -0.481 e. The van der Waals surface area contributed by atoms with Gasteiger partial charge in [0.1, 0.15) is 10.3 Å². The van der Waals surface area contributed by atoms with Crippen LogP contribution in [0.25, 0.3) is 10.3 Å². The summed E-state index contributed by atoms with van der Waals surface area (Å²) in [6, 6.07) is 7.35. The lowest BCUT2D eigenvalue weighted by atomic mass is 9.81. The van der Waals surface area contributed by atoms with Crippen LogP contribution in [0, 0.1) is 0 Å². The van der Waals surface area contributed by atoms with E-state index in [4.69, 9.17) is 9.84 Å². The van der Waals surface area contributed by atoms with Crippen LogP contribution >= 0.6 is 11.3 Å². The second-order valence-electron chi connectivity index (χ2n) is 10.1. The molecule has 2 aliphatic rings. The van der Waals surface area contributed by atoms with E-state index in [0.29, 0.717) is 52.1 Å². The van der Waals surface area contributed by atoms with Gasteiger partial charge in [0.05, 0.1) is 25.0 Å². The van der Waals surface area contributed by atoms with Crippen molar-refractivity contribution >= 4 is 60.4 Å². The number of pyridine rings is 1. The van der Waals surface area contributed by atoms with E-state index in [-0.39, 0.29) is 30.4 Å². The van der Waals surface area contributed by atoms with Crippen molar-refractivity contribution in [3.05, 3.63) is 35.9 Å². The first-order valence-electron chi connectivity index (χ1n) is 13.1. The number of benzene rings is 1. The van der Waals surface area contributed by atoms with Gasteiger partial charge in [-0.2, -0.15) is 4.31 Å². The molecule has 3 aromatic rings. The second-order valence-corrected chi connectivity index (χ2v) is 13.0. The zero-order valence-electron chi connectivity index (χ0n) is 22.9. The van der Waals surface area contributed by atoms with Crippen molar-refractivity contribution < 1.29 is 37.8 Å². The van der Waals surface area contributed by atoms with Gasteiger partial charge in [-0.15, -0.1) is 0 Å². The van der Waals surface area contributed by atoms with Gasteiger partial charge in [-0.1, -0.05) is 11.3 Å². The number of fused-ring (bicyclic) bond motifs is 3. The number of thiazole rings is 1. The molecule has 14 nitrogen and oxygen atoms in total. The Kier molecular flexibility index (Phi) is 8.06. The number of amides is 3. The van der Waals surface area contributed by atoms with Gasteiger partial charge in [-0.05, 0) is 36.2 Å². The molecule has 0 bridgehead atoms. The van der Waals surface area contributed by atoms with E-state index in [2.05, 4.69) is 15.3 Å². The monoisotopic (exact) mass is 618 g/mol. The Bertz CT molecular complexity index is 1660. The summed E-state index contributed by atoms with van der Waals surface area (Å²) in [4.78, 5) is 49.4. The Morgan fingerprint density at radius 1 is 1.17 bits per heavy atom. The predicted octanol–water partition coefficient (Wildman–Crippen LogP) is 1.70. The number of anilines is 2. The fourth-order valence-electron chi connectivity index (χ4n) is 5.44. The molecule has 42 heavy (non-hydrogen) atoms. The van der Waals surface area contributed by atoms with Crippen LogP contribution in [0.5, 0.6) is 5.88 Å². The van der Waals surface area contributed by atoms with Gasteiger partial charge in [0.25, 0.3) is 0 Å². The largest absolute Gasteiger partial charge is 0.481 e. The van der Waals surface area contributed by atoms with E-state index in [0.717, 1.165) is 4.31 Å². The molecule has 0 aliphatic carbocycles. The van der Waals surface area contributed by atoms with Crippen molar-refractivity contribution in [3.63, 3.8) is 0 Å². The molecule has 224 valence electrons. The molecule has 0 radical (unpaired) electrons. The van der Waals surface area contributed by atoms with E-state index in [1.807, 2.05) is 0 Å². The fourth-order valence-corrected chi connectivity index (χ4v) is 7.72. The number of aliphatic hydroxyl groups is 1. The number of carboxylic acid groups (broad SMARTS) is 1. The van der Waals surface area contributed by atoms with Crippen molar-refractivity contribution in [2.24, 2.45) is 0 Å². The molecule has 16 heteroatoms. The Labute approximate surface area is 245 Å². The molecule has 1 unspecified atom stereocenters. The maximum atomic E-state index is 13.6. The molecular formula is C26H30N6O8S2. The summed E-state index contributed by atoms with van der Waals surface area (Å²) in [7, 11) is -2.67. The van der Waals surface area contributed by atoms with Crippen molar-refractivity contribution in [1.29, 1.82) is 0 Å². The van der Waals surface area contributed by atoms with Crippen molar-refractivity contribution in [3.8, 4) is 5.88 Å². The number of nitrogens with one attached hydrogen (secondary N) is 1. The standard InChI is InChI=1S/C26H30N6O8S2/c1-16(34)30-10-8-26(14-30)15-32(25(37)29-24-27-19-4-6-21(40-2)28-23(19)41-24)20-5-3-17(13-18(20)26)42(38,39)31(11-12-33)9-7-22(35)36/h3-6,13,33H,7-12,14-15H2,1-2H3,(H,35,36)(H,27,29,37). The number of methoxy groups -OCH3 is 1. The number of likely N-dealkylation sites (tertiary alicyclic amines) is 1. The highest BCUT2D eigenvalue weighted by Gasteiger charge is 2.50. The molecule has 4 heterocycles. The quantitative estimate of drug-likeness (QED) is 0.319. The van der Waals surface area contributed by atoms with Crippen LogP contribution in [0.1, 0.15) is 25.3 Å². The molecule has 2 aliphatic heterocycles. The fraction of sp³-hybridized carbons (Fsp3) is 0.423. The zero-order valence-corrected chi connectivity index (χ0v) is 24.6. The van der Waals surface area contributed by atoms with Gasteiger partial charge in [0.15, 0.2) is 5.13 Å². The minimum atomic E-state index is -4.18. The number of hydrogen-bond acceptors (Lipinski definition) is 10. The molecule has 1 aromatic carbocycles. The Morgan fingerprint density at radius 2 is 1.95 bits per heavy atom. The highest BCUT2D eigenvalue weighted by atomic mass is 32.2. The lowest BCUT2D eigenvalue weighted by molar-refractivity contribution is -0.137. The van der Waals surface area contributed by atoms with Gasteiger partial charge in [0.2, 0.25) is 21.8 Å². The van der Waals surface area contributed by atoms with Crippen LogP contribution in [-0.4, -0.2) is 102 Å². The summed E-state index contributed by atoms with van der Waals surface area (Å²) >= 11 is 1.18. The van der Waals surface area contributed by atoms with Crippen molar-refractivity contribution in [2.75, 3.05) is 56.7 Å². The number of aromatic nitrogens is 2. The van der Waals surface area contributed by atoms with E-state index in [9.17, 15) is 27.9 Å². The van der Waals surface area contributed by atoms with Gasteiger partial charge >= 0.3 is 12.0 Å². The number of aliphatic carboxylic acids is 1. The highest BCUT2D eigenvalue weighted by Crippen LogP contribution is 2.47. The van der Waals surface area contributed by atoms with Gasteiger partial charge in [-0.3, -0.25) is 19.8 Å². The molecule has 0 saturated carbocycles. The molecule has 3 amide bonds. The topological polar surface area (TPSA) is 183 Å². The van der Waals surface area contributed by atoms with Crippen LogP contribution in [0.3, 0.4) is 0 Å². The second kappa shape index (κ2) is 11.4. The third kappa shape index (κ3) is 5.49. The minimum absolute atomic E-state index is 0.0887. The molecule has 2 aromatic heterocycles. The lowest BCUT2D eigenvalue weighted by Gasteiger charge is -2.26. The van der Waals surface area contributed by atoms with Crippen LogP contribution in [-0.2, 0) is 25.0 Å². The number of sulfonamides is 1. The van der Waals surface area contributed by atoms with Crippen LogP contribution in [0.15, 0.2) is 35.2 Å². The number of nitrogens with zero attached hydrogens (tertiary/aromatic N) is 5. The average Bonchev–Trinajstić information content (AvgIpc) is 3.65. The maximum absolute atomic E-state index is 13.6. The van der Waals surface area contributed by atoms with E-state index < -0.39 is 40.5 Å². The third-order valence-electron chi connectivity index (χ3n) is 7.55. The maximum Gasteiger partial charge on any atom is 0.328 e. The Balaban J connectivity index is 1.49. The van der Waals surface area contributed by atoms with E-state index in [1.165, 1.54) is 42.4 Å². The number of urea groups is 1. The smallest absolute Gasteiger partial charge is 0.328 e. The van der Waals surface area contributed by atoms with E-state index in [1.54, 1.807) is 23.1 Å². The van der Waals surface area contributed by atoms with Crippen LogP contribution < -0.4 is 15.0 Å². The average molecular weight is 619 g/mol. The number of aliphatic hydroxyl groups excluding tert-OH is 1. The Hall–Kier alpha value is -3.86. The predicted molar refractivity (Wildman–Crippen MR) is 153 cm³/mol. The molecule has 1 spiro atoms. The van der Waals surface area contributed by atoms with E-state index >= 15 is 0 Å². The first-order valence-corrected chi connectivity index (χ1v) is 15.4. The summed E-state index contributed by atoms with van der Waals surface area (Å²) in [5, 5.41) is 21.7. The van der Waals surface area contributed by atoms with Crippen molar-refractivity contribution in [2.45, 2.75) is 30.1 Å². The Morgan fingerprint density at radius 3 is 2.62 bits per heavy atom. The number of ether oxygens (including phenoxy) is 1. The number of rotatable bonds is 9. The lowest BCUT2D eigenvalue weighted by Crippen LogP contribution is -2.41. The summed E-state index contributed by atoms with van der Waals surface area (Å²) in [5.74, 6) is -0.872. The molecule has 1 atom stereocenters. The number of carbonyl (C=O) groups excluding carboxylic acids is 2. The molecule has 1 fully saturated rings. The summed E-state index contributed by atoms with van der Waals surface area (Å²) in [6.45, 7) is 1.35. The highest BCUT2D eigenvalue weighted by molar-refractivity contribution is 7.89. The van der Waals surface area contributed by atoms with Gasteiger partial charge in [0, 0.05) is 56.8 Å². The molecule has 5 rings (SSSR count). The first kappa shape index (κ1) is 29.6. The number of hydrogen-bond donors (Lipinski definition) is 3. The molecule has 3 N–H and O–H groups in total. The van der Waals surface area contributed by atoms with Gasteiger partial charge < -0.3 is 19.8 Å². The normalized spacial score (nSPS) is 18.2. The summed E-state index contributed by atoms with van der Waals surface area (Å²) in [5.41, 5.74) is 0.972. The number of carbonyl (C=O) groups is 3. The molecule has 1 saturated heterocycles. The zero-order chi connectivity index (χ0) is 30.2. The van der Waals surface area contributed by atoms with Crippen LogP contribution in [0.4, 0.5) is 15.6 Å². The first-order chi connectivity index (χ1) is 20.0. The SMILES string of the molecule is COc1ccc2nc(NC(=O)N3CC4(CCN(C(C)=O)C4)c4cc(S(=O)(=O)N(CCO)CCC(=O)O)ccc43)sc2n1. The van der Waals surface area contributed by atoms with Gasteiger partial charge in [-0.25, -0.2) is 23.2 Å². The third-order valence-corrected chi connectivity index (χ3v) is 10.3. The number of carboxylic acids is 1.